The fraction of sp³-hybridized carbons (Fsp3) is 0.647. The Morgan fingerprint density at radius 1 is 1.48 bits per heavy atom. The van der Waals surface area contributed by atoms with Gasteiger partial charge in [0, 0.05) is 31.9 Å². The van der Waals surface area contributed by atoms with Crippen molar-refractivity contribution in [1.82, 2.24) is 9.88 Å². The first-order valence-electron chi connectivity index (χ1n) is 8.32. The van der Waals surface area contributed by atoms with Crippen LogP contribution < -0.4 is 10.2 Å². The van der Waals surface area contributed by atoms with Gasteiger partial charge in [0.1, 0.15) is 0 Å². The Kier molecular flexibility index (Phi) is 6.36. The predicted molar refractivity (Wildman–Crippen MR) is 92.7 cm³/mol. The van der Waals surface area contributed by atoms with Crippen LogP contribution >= 0.6 is 0 Å². The molecule has 6 heteroatoms. The molecule has 1 aromatic heterocycles. The molecule has 0 aromatic carbocycles. The number of aliphatic hydroxyl groups is 1. The zero-order valence-electron chi connectivity index (χ0n) is 14.3. The minimum atomic E-state index is -0.0271. The second-order valence-corrected chi connectivity index (χ2v) is 6.54. The number of carbonyl (C=O) groups excluding carboxylic acids is 1. The van der Waals surface area contributed by atoms with Gasteiger partial charge in [0.2, 0.25) is 5.91 Å². The topological polar surface area (TPSA) is 68.7 Å². The largest absolute Gasteiger partial charge is 0.396 e. The van der Waals surface area contributed by atoms with Gasteiger partial charge in [0.15, 0.2) is 5.82 Å². The van der Waals surface area contributed by atoms with Gasteiger partial charge in [-0.05, 0) is 51.8 Å². The number of hydrogen-bond acceptors (Lipinski definition) is 5. The molecule has 0 atom stereocenters. The van der Waals surface area contributed by atoms with E-state index in [1.54, 1.807) is 6.20 Å². The third-order valence-electron chi connectivity index (χ3n) is 4.51. The van der Waals surface area contributed by atoms with Crippen LogP contribution in [0.2, 0.25) is 0 Å². The summed E-state index contributed by atoms with van der Waals surface area (Å²) in [5, 5.41) is 12.2. The van der Waals surface area contributed by atoms with E-state index in [0.717, 1.165) is 37.4 Å². The summed E-state index contributed by atoms with van der Waals surface area (Å²) < 4.78 is 0. The minimum Gasteiger partial charge on any atom is -0.396 e. The highest BCUT2D eigenvalue weighted by Crippen LogP contribution is 2.27. The molecule has 0 aliphatic carbocycles. The van der Waals surface area contributed by atoms with E-state index in [0.29, 0.717) is 18.5 Å². The van der Waals surface area contributed by atoms with Crippen LogP contribution in [0.1, 0.15) is 26.7 Å². The smallest absolute Gasteiger partial charge is 0.238 e. The lowest BCUT2D eigenvalue weighted by Gasteiger charge is -2.33. The third kappa shape index (κ3) is 4.91. The number of nitrogens with one attached hydrogen (secondary N) is 1. The van der Waals surface area contributed by atoms with Crippen LogP contribution in [0.4, 0.5) is 11.5 Å². The van der Waals surface area contributed by atoms with Crippen molar-refractivity contribution in [3.8, 4) is 0 Å². The van der Waals surface area contributed by atoms with Gasteiger partial charge >= 0.3 is 0 Å². The SMILES string of the molecule is CC(C)N(C)CC(=O)Nc1cccnc1N1CCC(CO)CC1. The first-order chi connectivity index (χ1) is 11.0. The summed E-state index contributed by atoms with van der Waals surface area (Å²) in [5.74, 6) is 1.18. The van der Waals surface area contributed by atoms with E-state index < -0.39 is 0 Å². The van der Waals surface area contributed by atoms with Gasteiger partial charge < -0.3 is 15.3 Å². The molecule has 1 amide bonds. The molecule has 1 saturated heterocycles. The molecule has 23 heavy (non-hydrogen) atoms. The monoisotopic (exact) mass is 320 g/mol. The van der Waals surface area contributed by atoms with Crippen LogP contribution in [0.3, 0.4) is 0 Å². The molecule has 1 aromatic rings. The number of pyridine rings is 1. The Morgan fingerprint density at radius 3 is 2.78 bits per heavy atom. The molecule has 0 spiro atoms. The molecule has 0 saturated carbocycles. The van der Waals surface area contributed by atoms with Crippen LogP contribution in [0.5, 0.6) is 0 Å². The molecule has 6 nitrogen and oxygen atoms in total. The number of nitrogens with zero attached hydrogens (tertiary/aromatic N) is 3. The zero-order valence-corrected chi connectivity index (χ0v) is 14.3. The van der Waals surface area contributed by atoms with E-state index in [-0.39, 0.29) is 12.5 Å². The first-order valence-corrected chi connectivity index (χ1v) is 8.32. The van der Waals surface area contributed by atoms with E-state index in [9.17, 15) is 9.90 Å². The fourth-order valence-corrected chi connectivity index (χ4v) is 2.67. The van der Waals surface area contributed by atoms with Crippen molar-refractivity contribution in [3.63, 3.8) is 0 Å². The summed E-state index contributed by atoms with van der Waals surface area (Å²) >= 11 is 0. The van der Waals surface area contributed by atoms with Crippen LogP contribution in [0.15, 0.2) is 18.3 Å². The highest BCUT2D eigenvalue weighted by molar-refractivity contribution is 5.94. The molecule has 0 bridgehead atoms. The standard InChI is InChI=1S/C17H28N4O2/c1-13(2)20(3)11-16(23)19-15-5-4-8-18-17(15)21-9-6-14(12-22)7-10-21/h4-5,8,13-14,22H,6-7,9-12H2,1-3H3,(H,19,23). The number of likely N-dealkylation sites (N-methyl/N-ethyl adjacent to an activating group) is 1. The van der Waals surface area contributed by atoms with Crippen LogP contribution in [0.25, 0.3) is 0 Å². The van der Waals surface area contributed by atoms with Crippen molar-refractivity contribution in [2.24, 2.45) is 5.92 Å². The molecule has 2 rings (SSSR count). The minimum absolute atomic E-state index is 0.0271. The number of anilines is 2. The Labute approximate surface area is 138 Å². The summed E-state index contributed by atoms with van der Waals surface area (Å²) in [4.78, 5) is 20.9. The summed E-state index contributed by atoms with van der Waals surface area (Å²) in [6, 6.07) is 4.06. The lowest BCUT2D eigenvalue weighted by atomic mass is 9.98. The van der Waals surface area contributed by atoms with E-state index in [2.05, 4.69) is 29.0 Å². The first kappa shape index (κ1) is 17.7. The molecular weight excluding hydrogens is 292 g/mol. The number of aromatic nitrogens is 1. The number of aliphatic hydroxyl groups excluding tert-OH is 1. The van der Waals surface area contributed by atoms with Crippen LogP contribution in [-0.2, 0) is 4.79 Å². The van der Waals surface area contributed by atoms with Crippen molar-refractivity contribution < 1.29 is 9.90 Å². The van der Waals surface area contributed by atoms with E-state index >= 15 is 0 Å². The number of piperidine rings is 1. The second-order valence-electron chi connectivity index (χ2n) is 6.54. The number of carbonyl (C=O) groups is 1. The average Bonchev–Trinajstić information content (AvgIpc) is 2.55. The highest BCUT2D eigenvalue weighted by Gasteiger charge is 2.22. The maximum Gasteiger partial charge on any atom is 0.238 e. The maximum absolute atomic E-state index is 12.2. The normalized spacial score (nSPS) is 16.2. The molecule has 1 aliphatic rings. The van der Waals surface area contributed by atoms with Gasteiger partial charge in [-0.2, -0.15) is 0 Å². The molecule has 2 heterocycles. The van der Waals surface area contributed by atoms with E-state index in [4.69, 9.17) is 0 Å². The lowest BCUT2D eigenvalue weighted by molar-refractivity contribution is -0.117. The highest BCUT2D eigenvalue weighted by atomic mass is 16.3. The van der Waals surface area contributed by atoms with Gasteiger partial charge in [-0.25, -0.2) is 4.98 Å². The summed E-state index contributed by atoms with van der Waals surface area (Å²) in [5.41, 5.74) is 0.761. The second kappa shape index (κ2) is 8.26. The van der Waals surface area contributed by atoms with Crippen LogP contribution in [-0.4, -0.2) is 60.2 Å². The van der Waals surface area contributed by atoms with Gasteiger partial charge in [-0.3, -0.25) is 9.69 Å². The molecule has 1 fully saturated rings. The Morgan fingerprint density at radius 2 is 2.17 bits per heavy atom. The lowest BCUT2D eigenvalue weighted by Crippen LogP contribution is -2.37. The van der Waals surface area contributed by atoms with Crippen molar-refractivity contribution in [2.45, 2.75) is 32.7 Å². The van der Waals surface area contributed by atoms with E-state index in [1.165, 1.54) is 0 Å². The zero-order chi connectivity index (χ0) is 16.8. The summed E-state index contributed by atoms with van der Waals surface area (Å²) in [7, 11) is 1.94. The molecule has 0 radical (unpaired) electrons. The number of amides is 1. The van der Waals surface area contributed by atoms with Crippen molar-refractivity contribution >= 4 is 17.4 Å². The molecule has 2 N–H and O–H groups in total. The molecule has 128 valence electrons. The van der Waals surface area contributed by atoms with Crippen LogP contribution in [0, 0.1) is 5.92 Å². The van der Waals surface area contributed by atoms with Gasteiger partial charge in [0.05, 0.1) is 12.2 Å². The maximum atomic E-state index is 12.2. The van der Waals surface area contributed by atoms with Gasteiger partial charge in [-0.15, -0.1) is 0 Å². The Balaban J connectivity index is 2.02. The molecular formula is C17H28N4O2. The molecule has 1 aliphatic heterocycles. The fourth-order valence-electron chi connectivity index (χ4n) is 2.67. The van der Waals surface area contributed by atoms with E-state index in [1.807, 2.05) is 24.1 Å². The van der Waals surface area contributed by atoms with Gasteiger partial charge in [-0.1, -0.05) is 0 Å². The predicted octanol–water partition coefficient (Wildman–Crippen LogP) is 1.57. The average molecular weight is 320 g/mol. The van der Waals surface area contributed by atoms with Crippen molar-refractivity contribution in [2.75, 3.05) is 43.5 Å². The summed E-state index contributed by atoms with van der Waals surface area (Å²) in [6.45, 7) is 6.45. The molecule has 0 unspecified atom stereocenters. The van der Waals surface area contributed by atoms with Crippen molar-refractivity contribution in [3.05, 3.63) is 18.3 Å². The van der Waals surface area contributed by atoms with Crippen molar-refractivity contribution in [1.29, 1.82) is 0 Å². The third-order valence-corrected chi connectivity index (χ3v) is 4.51. The number of hydrogen-bond donors (Lipinski definition) is 2. The Bertz CT molecular complexity index is 513. The van der Waals surface area contributed by atoms with Gasteiger partial charge in [0.25, 0.3) is 0 Å². The number of rotatable bonds is 6. The Hall–Kier alpha value is -1.66. The quantitative estimate of drug-likeness (QED) is 0.833. The summed E-state index contributed by atoms with van der Waals surface area (Å²) in [6.07, 6.45) is 3.66.